The van der Waals surface area contributed by atoms with Crippen LogP contribution in [-0.4, -0.2) is 17.5 Å². The van der Waals surface area contributed by atoms with Crippen LogP contribution in [-0.2, 0) is 6.42 Å². The fourth-order valence-electron chi connectivity index (χ4n) is 2.01. The minimum Gasteiger partial charge on any atom is -0.507 e. The molecule has 0 bridgehead atoms. The van der Waals surface area contributed by atoms with E-state index in [1.165, 1.54) is 18.6 Å². The molecule has 0 radical (unpaired) electrons. The predicted molar refractivity (Wildman–Crippen MR) is 78.4 cm³/mol. The van der Waals surface area contributed by atoms with Gasteiger partial charge in [-0.3, -0.25) is 4.79 Å². The number of ether oxygens (including phenoxy) is 1. The zero-order chi connectivity index (χ0) is 14.4. The Morgan fingerprint density at radius 3 is 2.55 bits per heavy atom. The Labute approximate surface area is 118 Å². The van der Waals surface area contributed by atoms with Crippen LogP contribution in [0.2, 0.25) is 0 Å². The quantitative estimate of drug-likeness (QED) is 0.644. The molecule has 0 saturated carbocycles. The molecule has 0 heterocycles. The number of benzene rings is 2. The zero-order valence-corrected chi connectivity index (χ0v) is 11.5. The lowest BCUT2D eigenvalue weighted by atomic mass is 10.1. The van der Waals surface area contributed by atoms with E-state index in [1.807, 2.05) is 18.2 Å². The van der Waals surface area contributed by atoms with Gasteiger partial charge in [-0.25, -0.2) is 0 Å². The van der Waals surface area contributed by atoms with E-state index in [0.717, 1.165) is 12.8 Å². The van der Waals surface area contributed by atoms with Gasteiger partial charge in [-0.15, -0.1) is 0 Å². The van der Waals surface area contributed by atoms with Gasteiger partial charge in [0.15, 0.2) is 5.78 Å². The smallest absolute Gasteiger partial charge is 0.163 e. The van der Waals surface area contributed by atoms with Crippen LogP contribution in [0.4, 0.5) is 0 Å². The Kier molecular flexibility index (Phi) is 4.77. The second-order valence-corrected chi connectivity index (χ2v) is 4.67. The monoisotopic (exact) mass is 270 g/mol. The fourth-order valence-corrected chi connectivity index (χ4v) is 2.01. The number of hydrogen-bond acceptors (Lipinski definition) is 3. The number of phenolic OH excluding ortho intramolecular Hbond substituents is 1. The van der Waals surface area contributed by atoms with Crippen LogP contribution in [0.3, 0.4) is 0 Å². The summed E-state index contributed by atoms with van der Waals surface area (Å²) in [6.07, 6.45) is 1.86. The van der Waals surface area contributed by atoms with Crippen molar-refractivity contribution in [3.05, 3.63) is 59.7 Å². The van der Waals surface area contributed by atoms with E-state index in [2.05, 4.69) is 12.1 Å². The highest BCUT2D eigenvalue weighted by Gasteiger charge is 2.07. The molecule has 1 N–H and O–H groups in total. The van der Waals surface area contributed by atoms with Crippen LogP contribution in [0.15, 0.2) is 48.5 Å². The predicted octanol–water partition coefficient (Wildman–Crippen LogP) is 3.61. The molecule has 0 aliphatic carbocycles. The zero-order valence-electron chi connectivity index (χ0n) is 11.5. The summed E-state index contributed by atoms with van der Waals surface area (Å²) < 4.78 is 5.57. The first-order valence-corrected chi connectivity index (χ1v) is 6.67. The molecule has 3 heteroatoms. The molecule has 3 nitrogen and oxygen atoms in total. The average Bonchev–Trinajstić information content (AvgIpc) is 2.44. The van der Waals surface area contributed by atoms with Crippen LogP contribution in [0, 0.1) is 0 Å². The van der Waals surface area contributed by atoms with Crippen molar-refractivity contribution in [1.29, 1.82) is 0 Å². The van der Waals surface area contributed by atoms with Crippen molar-refractivity contribution >= 4 is 5.78 Å². The van der Waals surface area contributed by atoms with Crippen molar-refractivity contribution in [3.63, 3.8) is 0 Å². The molecule has 2 aromatic carbocycles. The first kappa shape index (κ1) is 14.1. The van der Waals surface area contributed by atoms with Gasteiger partial charge in [0.25, 0.3) is 0 Å². The molecular formula is C17H18O3. The molecule has 0 atom stereocenters. The molecule has 2 rings (SSSR count). The van der Waals surface area contributed by atoms with E-state index in [9.17, 15) is 9.90 Å². The standard InChI is InChI=1S/C17H18O3/c1-13(18)16-10-9-15(12-17(16)19)20-11-5-8-14-6-3-2-4-7-14/h2-4,6-7,9-10,12,19H,5,8,11H2,1H3. The first-order chi connectivity index (χ1) is 9.66. The van der Waals surface area contributed by atoms with Crippen LogP contribution in [0.25, 0.3) is 0 Å². The third-order valence-electron chi connectivity index (χ3n) is 3.07. The minimum atomic E-state index is -0.155. The summed E-state index contributed by atoms with van der Waals surface area (Å²) in [4.78, 5) is 11.2. The largest absolute Gasteiger partial charge is 0.507 e. The Hall–Kier alpha value is -2.29. The Morgan fingerprint density at radius 2 is 1.90 bits per heavy atom. The van der Waals surface area contributed by atoms with Gasteiger partial charge in [-0.05, 0) is 37.5 Å². The van der Waals surface area contributed by atoms with Gasteiger partial charge in [0.1, 0.15) is 11.5 Å². The number of phenols is 1. The van der Waals surface area contributed by atoms with E-state index in [1.54, 1.807) is 12.1 Å². The number of rotatable bonds is 6. The number of Topliss-reactive ketones (excluding diaryl/α,β-unsaturated/α-hetero) is 1. The van der Waals surface area contributed by atoms with E-state index >= 15 is 0 Å². The number of carbonyl (C=O) groups is 1. The van der Waals surface area contributed by atoms with Crippen molar-refractivity contribution in [1.82, 2.24) is 0 Å². The summed E-state index contributed by atoms with van der Waals surface area (Å²) in [5.41, 5.74) is 1.60. The summed E-state index contributed by atoms with van der Waals surface area (Å²) in [5, 5.41) is 9.70. The normalized spacial score (nSPS) is 10.2. The average molecular weight is 270 g/mol. The van der Waals surface area contributed by atoms with E-state index < -0.39 is 0 Å². The van der Waals surface area contributed by atoms with Crippen LogP contribution in [0.1, 0.15) is 29.3 Å². The Balaban J connectivity index is 1.83. The Bertz CT molecular complexity index is 576. The van der Waals surface area contributed by atoms with E-state index in [-0.39, 0.29) is 11.5 Å². The van der Waals surface area contributed by atoms with E-state index in [4.69, 9.17) is 4.74 Å². The highest BCUT2D eigenvalue weighted by Crippen LogP contribution is 2.24. The summed E-state index contributed by atoms with van der Waals surface area (Å²) in [6, 6.07) is 15.0. The molecule has 0 aromatic heterocycles. The number of aryl methyl sites for hydroxylation is 1. The number of ketones is 1. The third-order valence-corrected chi connectivity index (χ3v) is 3.07. The van der Waals surface area contributed by atoms with Gasteiger partial charge in [0, 0.05) is 6.07 Å². The summed E-state index contributed by atoms with van der Waals surface area (Å²) in [5.74, 6) is 0.400. The second-order valence-electron chi connectivity index (χ2n) is 4.67. The molecule has 0 amide bonds. The van der Waals surface area contributed by atoms with E-state index in [0.29, 0.717) is 17.9 Å². The van der Waals surface area contributed by atoms with Crippen molar-refractivity contribution in [2.75, 3.05) is 6.61 Å². The lowest BCUT2D eigenvalue weighted by Gasteiger charge is -2.08. The van der Waals surface area contributed by atoms with Crippen molar-refractivity contribution in [3.8, 4) is 11.5 Å². The molecule has 0 saturated heterocycles. The molecule has 0 aliphatic heterocycles. The molecule has 0 spiro atoms. The highest BCUT2D eigenvalue weighted by atomic mass is 16.5. The first-order valence-electron chi connectivity index (χ1n) is 6.67. The maximum Gasteiger partial charge on any atom is 0.163 e. The third kappa shape index (κ3) is 3.85. The molecule has 0 unspecified atom stereocenters. The van der Waals surface area contributed by atoms with Crippen LogP contribution < -0.4 is 4.74 Å². The second kappa shape index (κ2) is 6.75. The van der Waals surface area contributed by atoms with Crippen molar-refractivity contribution in [2.45, 2.75) is 19.8 Å². The van der Waals surface area contributed by atoms with Gasteiger partial charge in [0.05, 0.1) is 12.2 Å². The summed E-state index contributed by atoms with van der Waals surface area (Å²) in [7, 11) is 0. The van der Waals surface area contributed by atoms with Gasteiger partial charge >= 0.3 is 0 Å². The fraction of sp³-hybridized carbons (Fsp3) is 0.235. The van der Waals surface area contributed by atoms with Gasteiger partial charge in [-0.2, -0.15) is 0 Å². The molecule has 104 valence electrons. The Morgan fingerprint density at radius 1 is 1.15 bits per heavy atom. The maximum atomic E-state index is 11.2. The number of aromatic hydroxyl groups is 1. The summed E-state index contributed by atoms with van der Waals surface area (Å²) >= 11 is 0. The van der Waals surface area contributed by atoms with Crippen molar-refractivity contribution < 1.29 is 14.6 Å². The highest BCUT2D eigenvalue weighted by molar-refractivity contribution is 5.96. The van der Waals surface area contributed by atoms with Gasteiger partial charge in [0.2, 0.25) is 0 Å². The minimum absolute atomic E-state index is 0.0296. The molecular weight excluding hydrogens is 252 g/mol. The number of hydrogen-bond donors (Lipinski definition) is 1. The lowest BCUT2D eigenvalue weighted by Crippen LogP contribution is -2.00. The van der Waals surface area contributed by atoms with Crippen LogP contribution in [0.5, 0.6) is 11.5 Å². The molecule has 20 heavy (non-hydrogen) atoms. The van der Waals surface area contributed by atoms with Gasteiger partial charge < -0.3 is 9.84 Å². The SMILES string of the molecule is CC(=O)c1ccc(OCCCc2ccccc2)cc1O. The van der Waals surface area contributed by atoms with Crippen molar-refractivity contribution in [2.24, 2.45) is 0 Å². The van der Waals surface area contributed by atoms with Gasteiger partial charge in [-0.1, -0.05) is 30.3 Å². The maximum absolute atomic E-state index is 11.2. The lowest BCUT2D eigenvalue weighted by molar-refractivity contribution is 0.101. The topological polar surface area (TPSA) is 46.5 Å². The molecule has 2 aromatic rings. The number of carbonyl (C=O) groups excluding carboxylic acids is 1. The molecule has 0 fully saturated rings. The summed E-state index contributed by atoms with van der Waals surface area (Å²) in [6.45, 7) is 2.00. The van der Waals surface area contributed by atoms with Crippen LogP contribution >= 0.6 is 0 Å². The molecule has 0 aliphatic rings.